The molecular formula is C22H27N5O2. The summed E-state index contributed by atoms with van der Waals surface area (Å²) in [7, 11) is 0. The van der Waals surface area contributed by atoms with E-state index < -0.39 is 0 Å². The molecule has 152 valence electrons. The maximum absolute atomic E-state index is 12.8. The van der Waals surface area contributed by atoms with Crippen LogP contribution >= 0.6 is 0 Å². The Morgan fingerprint density at radius 3 is 2.59 bits per heavy atom. The zero-order valence-corrected chi connectivity index (χ0v) is 17.4. The van der Waals surface area contributed by atoms with Gasteiger partial charge in [0.1, 0.15) is 5.69 Å². The Bertz CT molecular complexity index is 1000. The number of amides is 1. The highest BCUT2D eigenvalue weighted by molar-refractivity contribution is 5.94. The number of carbonyl (C=O) groups excluding carboxylic acids is 1. The maximum atomic E-state index is 12.8. The summed E-state index contributed by atoms with van der Waals surface area (Å²) < 4.78 is 7.42. The number of rotatable bonds is 4. The van der Waals surface area contributed by atoms with Gasteiger partial charge in [0.25, 0.3) is 11.8 Å². The lowest BCUT2D eigenvalue weighted by Gasteiger charge is -2.31. The van der Waals surface area contributed by atoms with E-state index in [1.54, 1.807) is 6.92 Å². The molecule has 1 fully saturated rings. The number of benzene rings is 1. The van der Waals surface area contributed by atoms with Crippen LogP contribution in [0.15, 0.2) is 34.7 Å². The third kappa shape index (κ3) is 3.95. The third-order valence-corrected chi connectivity index (χ3v) is 5.38. The molecule has 1 amide bonds. The number of nitrogens with zero attached hydrogens (tertiary/aromatic N) is 5. The van der Waals surface area contributed by atoms with Gasteiger partial charge in [-0.1, -0.05) is 20.8 Å². The molecule has 1 saturated heterocycles. The Balaban J connectivity index is 1.61. The average Bonchev–Trinajstić information content (AvgIpc) is 3.34. The summed E-state index contributed by atoms with van der Waals surface area (Å²) in [5.41, 5.74) is 3.31. The quantitative estimate of drug-likeness (QED) is 0.663. The van der Waals surface area contributed by atoms with E-state index in [9.17, 15) is 4.79 Å². The van der Waals surface area contributed by atoms with Crippen molar-refractivity contribution >= 4 is 5.91 Å². The standard InChI is InChI=1S/C22H27N5O2/c1-14(2)20-12-19(21-24-23-16(4)29-21)25-27(20)18-9-7-17(8-10-18)22(28)26-11-5-6-15(3)13-26/h7-10,12,14-15H,5-6,11,13H2,1-4H3. The van der Waals surface area contributed by atoms with Crippen LogP contribution in [-0.2, 0) is 0 Å². The number of carbonyl (C=O) groups is 1. The van der Waals surface area contributed by atoms with E-state index in [-0.39, 0.29) is 11.8 Å². The first-order valence-corrected chi connectivity index (χ1v) is 10.2. The van der Waals surface area contributed by atoms with Crippen LogP contribution in [0.5, 0.6) is 0 Å². The SMILES string of the molecule is Cc1nnc(-c2cc(C(C)C)n(-c3ccc(C(=O)N4CCCC(C)C4)cc3)n2)o1. The Hall–Kier alpha value is -2.96. The molecule has 0 N–H and O–H groups in total. The Kier molecular flexibility index (Phi) is 5.22. The van der Waals surface area contributed by atoms with Crippen LogP contribution in [0.2, 0.25) is 0 Å². The predicted molar refractivity (Wildman–Crippen MR) is 110 cm³/mol. The zero-order valence-electron chi connectivity index (χ0n) is 17.4. The number of hydrogen-bond donors (Lipinski definition) is 0. The first-order chi connectivity index (χ1) is 13.9. The van der Waals surface area contributed by atoms with Gasteiger partial charge in [-0.25, -0.2) is 4.68 Å². The molecule has 0 aliphatic carbocycles. The molecule has 1 aliphatic rings. The predicted octanol–water partition coefficient (Wildman–Crippen LogP) is 4.23. The minimum absolute atomic E-state index is 0.106. The summed E-state index contributed by atoms with van der Waals surface area (Å²) in [6, 6.07) is 9.65. The highest BCUT2D eigenvalue weighted by Gasteiger charge is 2.22. The van der Waals surface area contributed by atoms with Gasteiger partial charge < -0.3 is 9.32 Å². The number of piperidine rings is 1. The fraction of sp³-hybridized carbons (Fsp3) is 0.455. The molecule has 1 atom stereocenters. The normalized spacial score (nSPS) is 17.1. The van der Waals surface area contributed by atoms with Crippen molar-refractivity contribution in [3.05, 3.63) is 47.5 Å². The third-order valence-electron chi connectivity index (χ3n) is 5.38. The van der Waals surface area contributed by atoms with Gasteiger partial charge in [0.05, 0.1) is 5.69 Å². The maximum Gasteiger partial charge on any atom is 0.268 e. The molecular weight excluding hydrogens is 366 g/mol. The smallest absolute Gasteiger partial charge is 0.268 e. The van der Waals surface area contributed by atoms with Gasteiger partial charge in [0, 0.05) is 31.3 Å². The van der Waals surface area contributed by atoms with Crippen molar-refractivity contribution in [1.29, 1.82) is 0 Å². The summed E-state index contributed by atoms with van der Waals surface area (Å²) in [6.07, 6.45) is 2.27. The Labute approximate surface area is 170 Å². The van der Waals surface area contributed by atoms with Crippen LogP contribution in [0.1, 0.15) is 61.5 Å². The second-order valence-corrected chi connectivity index (χ2v) is 8.19. The Morgan fingerprint density at radius 2 is 1.97 bits per heavy atom. The summed E-state index contributed by atoms with van der Waals surface area (Å²) >= 11 is 0. The first-order valence-electron chi connectivity index (χ1n) is 10.2. The highest BCUT2D eigenvalue weighted by Crippen LogP contribution is 2.26. The average molecular weight is 393 g/mol. The molecule has 3 aromatic rings. The Morgan fingerprint density at radius 1 is 1.21 bits per heavy atom. The lowest BCUT2D eigenvalue weighted by atomic mass is 9.99. The first kappa shape index (κ1) is 19.4. The topological polar surface area (TPSA) is 77.1 Å². The van der Waals surface area contributed by atoms with Crippen molar-refractivity contribution in [2.24, 2.45) is 5.92 Å². The summed E-state index contributed by atoms with van der Waals surface area (Å²) in [4.78, 5) is 14.8. The molecule has 0 spiro atoms. The molecule has 1 unspecified atom stereocenters. The minimum atomic E-state index is 0.106. The largest absolute Gasteiger partial charge is 0.420 e. The number of aromatic nitrogens is 4. The summed E-state index contributed by atoms with van der Waals surface area (Å²) in [6.45, 7) is 9.88. The molecule has 1 aliphatic heterocycles. The van der Waals surface area contributed by atoms with Crippen LogP contribution in [0, 0.1) is 12.8 Å². The van der Waals surface area contributed by atoms with Crippen LogP contribution in [-0.4, -0.2) is 43.9 Å². The molecule has 0 bridgehead atoms. The van der Waals surface area contributed by atoms with Crippen molar-refractivity contribution in [3.8, 4) is 17.3 Å². The fourth-order valence-electron chi connectivity index (χ4n) is 3.82. The summed E-state index contributed by atoms with van der Waals surface area (Å²) in [5.74, 6) is 1.85. The van der Waals surface area contributed by atoms with Gasteiger partial charge in [-0.05, 0) is 55.0 Å². The van der Waals surface area contributed by atoms with E-state index in [1.807, 2.05) is 39.9 Å². The van der Waals surface area contributed by atoms with E-state index >= 15 is 0 Å². The number of aryl methyl sites for hydroxylation is 1. The van der Waals surface area contributed by atoms with Crippen molar-refractivity contribution in [3.63, 3.8) is 0 Å². The van der Waals surface area contributed by atoms with Crippen LogP contribution in [0.4, 0.5) is 0 Å². The van der Waals surface area contributed by atoms with Crippen LogP contribution in [0.25, 0.3) is 17.3 Å². The molecule has 29 heavy (non-hydrogen) atoms. The van der Waals surface area contributed by atoms with E-state index in [0.717, 1.165) is 30.9 Å². The second kappa shape index (κ2) is 7.81. The lowest BCUT2D eigenvalue weighted by Crippen LogP contribution is -2.39. The highest BCUT2D eigenvalue weighted by atomic mass is 16.4. The summed E-state index contributed by atoms with van der Waals surface area (Å²) in [5, 5.41) is 12.7. The number of likely N-dealkylation sites (tertiary alicyclic amines) is 1. The van der Waals surface area contributed by atoms with Gasteiger partial charge in [0.15, 0.2) is 0 Å². The fourth-order valence-corrected chi connectivity index (χ4v) is 3.82. The zero-order chi connectivity index (χ0) is 20.5. The van der Waals surface area contributed by atoms with Crippen molar-refractivity contribution in [2.45, 2.75) is 46.5 Å². The second-order valence-electron chi connectivity index (χ2n) is 8.19. The van der Waals surface area contributed by atoms with Crippen molar-refractivity contribution in [2.75, 3.05) is 13.1 Å². The van der Waals surface area contributed by atoms with Crippen molar-refractivity contribution in [1.82, 2.24) is 24.9 Å². The van der Waals surface area contributed by atoms with Crippen LogP contribution < -0.4 is 0 Å². The van der Waals surface area contributed by atoms with E-state index in [1.165, 1.54) is 6.42 Å². The molecule has 7 heteroatoms. The van der Waals surface area contributed by atoms with E-state index in [2.05, 4.69) is 36.1 Å². The molecule has 7 nitrogen and oxygen atoms in total. The van der Waals surface area contributed by atoms with Gasteiger partial charge in [-0.2, -0.15) is 5.10 Å². The molecule has 3 heterocycles. The number of hydrogen-bond acceptors (Lipinski definition) is 5. The molecule has 0 saturated carbocycles. The molecule has 1 aromatic carbocycles. The van der Waals surface area contributed by atoms with Gasteiger partial charge >= 0.3 is 0 Å². The van der Waals surface area contributed by atoms with Gasteiger partial charge in [-0.15, -0.1) is 10.2 Å². The molecule has 4 rings (SSSR count). The van der Waals surface area contributed by atoms with Crippen molar-refractivity contribution < 1.29 is 9.21 Å². The van der Waals surface area contributed by atoms with Crippen LogP contribution in [0.3, 0.4) is 0 Å². The van der Waals surface area contributed by atoms with Gasteiger partial charge in [-0.3, -0.25) is 4.79 Å². The van der Waals surface area contributed by atoms with E-state index in [4.69, 9.17) is 4.42 Å². The van der Waals surface area contributed by atoms with Gasteiger partial charge in [0.2, 0.25) is 5.89 Å². The lowest BCUT2D eigenvalue weighted by molar-refractivity contribution is 0.0683. The monoisotopic (exact) mass is 393 g/mol. The van der Waals surface area contributed by atoms with E-state index in [0.29, 0.717) is 29.0 Å². The molecule has 2 aromatic heterocycles. The minimum Gasteiger partial charge on any atom is -0.420 e. The molecule has 0 radical (unpaired) electrons.